The van der Waals surface area contributed by atoms with E-state index < -0.39 is 17.8 Å². The van der Waals surface area contributed by atoms with Gasteiger partial charge in [0.25, 0.3) is 5.91 Å². The van der Waals surface area contributed by atoms with Crippen LogP contribution in [0.2, 0.25) is 0 Å². The maximum atomic E-state index is 13.2. The van der Waals surface area contributed by atoms with Crippen molar-refractivity contribution in [3.05, 3.63) is 77.1 Å². The van der Waals surface area contributed by atoms with E-state index in [4.69, 9.17) is 4.74 Å². The summed E-state index contributed by atoms with van der Waals surface area (Å²) in [5.74, 6) is -1.03. The molecule has 2 aromatic carbocycles. The van der Waals surface area contributed by atoms with Gasteiger partial charge in [-0.3, -0.25) is 9.59 Å². The molecule has 0 fully saturated rings. The first-order chi connectivity index (χ1) is 11.6. The van der Waals surface area contributed by atoms with Gasteiger partial charge in [0.2, 0.25) is 0 Å². The van der Waals surface area contributed by atoms with Crippen molar-refractivity contribution in [3.8, 4) is 0 Å². The number of carbonyl (C=O) groups is 2. The minimum Gasteiger partial charge on any atom is -0.484 e. The highest BCUT2D eigenvalue weighted by atomic mass is 19.1. The number of benzene rings is 2. The smallest absolute Gasteiger partial charge is 0.258 e. The Labute approximate surface area is 138 Å². The SMILES string of the molecule is CNC(=O)C1=C(c2ccc(F)cc2)OC(c2ccccc2)CC1=O. The third-order valence-electron chi connectivity index (χ3n) is 3.87. The molecule has 122 valence electrons. The van der Waals surface area contributed by atoms with Gasteiger partial charge in [0.15, 0.2) is 5.78 Å². The number of ether oxygens (including phenoxy) is 1. The van der Waals surface area contributed by atoms with Crippen molar-refractivity contribution in [1.82, 2.24) is 5.32 Å². The molecule has 0 saturated heterocycles. The van der Waals surface area contributed by atoms with Crippen molar-refractivity contribution in [2.45, 2.75) is 12.5 Å². The third kappa shape index (κ3) is 3.06. The predicted octanol–water partition coefficient (Wildman–Crippen LogP) is 3.01. The van der Waals surface area contributed by atoms with E-state index >= 15 is 0 Å². The second kappa shape index (κ2) is 6.66. The highest BCUT2D eigenvalue weighted by Crippen LogP contribution is 2.36. The summed E-state index contributed by atoms with van der Waals surface area (Å²) in [6.45, 7) is 0. The van der Waals surface area contributed by atoms with Crippen molar-refractivity contribution >= 4 is 17.4 Å². The minimum atomic E-state index is -0.508. The van der Waals surface area contributed by atoms with Crippen molar-refractivity contribution in [1.29, 1.82) is 0 Å². The van der Waals surface area contributed by atoms with Crippen molar-refractivity contribution < 1.29 is 18.7 Å². The van der Waals surface area contributed by atoms with E-state index in [1.54, 1.807) is 0 Å². The van der Waals surface area contributed by atoms with E-state index in [-0.39, 0.29) is 23.5 Å². The molecule has 1 atom stereocenters. The van der Waals surface area contributed by atoms with E-state index in [0.717, 1.165) is 5.56 Å². The van der Waals surface area contributed by atoms with Crippen LogP contribution in [0.15, 0.2) is 60.2 Å². The Morgan fingerprint density at radius 3 is 2.42 bits per heavy atom. The van der Waals surface area contributed by atoms with Crippen LogP contribution in [0.25, 0.3) is 5.76 Å². The zero-order valence-electron chi connectivity index (χ0n) is 13.1. The largest absolute Gasteiger partial charge is 0.484 e. The topological polar surface area (TPSA) is 55.4 Å². The lowest BCUT2D eigenvalue weighted by Gasteiger charge is -2.27. The number of carbonyl (C=O) groups excluding carboxylic acids is 2. The lowest BCUT2D eigenvalue weighted by atomic mass is 9.93. The number of hydrogen-bond donors (Lipinski definition) is 1. The molecule has 1 heterocycles. The van der Waals surface area contributed by atoms with Gasteiger partial charge in [0.1, 0.15) is 23.3 Å². The molecule has 1 aliphatic heterocycles. The summed E-state index contributed by atoms with van der Waals surface area (Å²) in [5.41, 5.74) is 1.31. The Morgan fingerprint density at radius 2 is 1.79 bits per heavy atom. The minimum absolute atomic E-state index is 0.0312. The summed E-state index contributed by atoms with van der Waals surface area (Å²) in [4.78, 5) is 24.7. The first-order valence-electron chi connectivity index (χ1n) is 7.57. The van der Waals surface area contributed by atoms with Gasteiger partial charge in [-0.1, -0.05) is 30.3 Å². The Morgan fingerprint density at radius 1 is 1.12 bits per heavy atom. The number of nitrogens with one attached hydrogen (secondary N) is 1. The summed E-state index contributed by atoms with van der Waals surface area (Å²) < 4.78 is 19.2. The third-order valence-corrected chi connectivity index (χ3v) is 3.87. The first kappa shape index (κ1) is 15.9. The summed E-state index contributed by atoms with van der Waals surface area (Å²) in [6.07, 6.45) is -0.399. The fourth-order valence-corrected chi connectivity index (χ4v) is 2.66. The number of rotatable bonds is 3. The van der Waals surface area contributed by atoms with E-state index in [1.165, 1.54) is 31.3 Å². The van der Waals surface area contributed by atoms with Gasteiger partial charge in [0.05, 0.1) is 6.42 Å². The average Bonchev–Trinajstić information content (AvgIpc) is 2.62. The van der Waals surface area contributed by atoms with Crippen LogP contribution < -0.4 is 5.32 Å². The number of ketones is 1. The van der Waals surface area contributed by atoms with E-state index in [2.05, 4.69) is 5.32 Å². The van der Waals surface area contributed by atoms with Crippen molar-refractivity contribution in [2.24, 2.45) is 0 Å². The van der Waals surface area contributed by atoms with Gasteiger partial charge < -0.3 is 10.1 Å². The van der Waals surface area contributed by atoms with Crippen LogP contribution in [-0.4, -0.2) is 18.7 Å². The summed E-state index contributed by atoms with van der Waals surface area (Å²) in [5, 5.41) is 2.46. The predicted molar refractivity (Wildman–Crippen MR) is 87.3 cm³/mol. The highest BCUT2D eigenvalue weighted by Gasteiger charge is 2.34. The molecule has 1 aliphatic rings. The molecular weight excluding hydrogens is 309 g/mol. The van der Waals surface area contributed by atoms with Crippen molar-refractivity contribution in [3.63, 3.8) is 0 Å². The van der Waals surface area contributed by atoms with Crippen LogP contribution in [0.3, 0.4) is 0 Å². The quantitative estimate of drug-likeness (QED) is 0.883. The van der Waals surface area contributed by atoms with Gasteiger partial charge in [-0.15, -0.1) is 0 Å². The van der Waals surface area contributed by atoms with E-state index in [1.807, 2.05) is 30.3 Å². The summed E-state index contributed by atoms with van der Waals surface area (Å²) in [7, 11) is 1.45. The maximum Gasteiger partial charge on any atom is 0.258 e. The Balaban J connectivity index is 2.07. The van der Waals surface area contributed by atoms with Crippen LogP contribution in [0.4, 0.5) is 4.39 Å². The molecule has 0 spiro atoms. The van der Waals surface area contributed by atoms with Gasteiger partial charge in [-0.05, 0) is 29.8 Å². The zero-order chi connectivity index (χ0) is 17.1. The van der Waals surface area contributed by atoms with Crippen LogP contribution in [0, 0.1) is 5.82 Å². The molecule has 1 amide bonds. The summed E-state index contributed by atoms with van der Waals surface area (Å²) >= 11 is 0. The average molecular weight is 325 g/mol. The molecule has 0 bridgehead atoms. The van der Waals surface area contributed by atoms with E-state index in [0.29, 0.717) is 5.56 Å². The number of likely N-dealkylation sites (N-methyl/N-ethyl adjacent to an activating group) is 1. The molecule has 4 nitrogen and oxygen atoms in total. The molecule has 0 aliphatic carbocycles. The molecule has 1 unspecified atom stereocenters. The molecule has 0 saturated carbocycles. The molecule has 1 N–H and O–H groups in total. The molecule has 5 heteroatoms. The molecular formula is C19H16FNO3. The Kier molecular flexibility index (Phi) is 4.42. The lowest BCUT2D eigenvalue weighted by Crippen LogP contribution is -2.31. The van der Waals surface area contributed by atoms with Crippen LogP contribution in [-0.2, 0) is 14.3 Å². The number of amides is 1. The Hall–Kier alpha value is -2.95. The fraction of sp³-hybridized carbons (Fsp3) is 0.158. The number of halogens is 1. The molecule has 3 rings (SSSR count). The monoisotopic (exact) mass is 325 g/mol. The van der Waals surface area contributed by atoms with Gasteiger partial charge in [-0.25, -0.2) is 4.39 Å². The lowest BCUT2D eigenvalue weighted by molar-refractivity contribution is -0.124. The normalized spacial score (nSPS) is 17.4. The fourth-order valence-electron chi connectivity index (χ4n) is 2.66. The molecule has 24 heavy (non-hydrogen) atoms. The maximum absolute atomic E-state index is 13.2. The summed E-state index contributed by atoms with van der Waals surface area (Å²) in [6, 6.07) is 14.9. The number of Topliss-reactive ketones (excluding diaryl/α,β-unsaturated/α-hetero) is 1. The van der Waals surface area contributed by atoms with E-state index in [9.17, 15) is 14.0 Å². The van der Waals surface area contributed by atoms with Gasteiger partial charge in [0, 0.05) is 12.6 Å². The second-order valence-electron chi connectivity index (χ2n) is 5.43. The van der Waals surface area contributed by atoms with Crippen LogP contribution >= 0.6 is 0 Å². The second-order valence-corrected chi connectivity index (χ2v) is 5.43. The standard InChI is InChI=1S/C19H16FNO3/c1-21-19(23)17-15(22)11-16(12-5-3-2-4-6-12)24-18(17)13-7-9-14(20)10-8-13/h2-10,16H,11H2,1H3,(H,21,23). The van der Waals surface area contributed by atoms with Gasteiger partial charge in [-0.2, -0.15) is 0 Å². The number of hydrogen-bond acceptors (Lipinski definition) is 3. The van der Waals surface area contributed by atoms with Gasteiger partial charge >= 0.3 is 0 Å². The Bertz CT molecular complexity index is 797. The molecule has 0 radical (unpaired) electrons. The first-order valence-corrected chi connectivity index (χ1v) is 7.57. The van der Waals surface area contributed by atoms with Crippen molar-refractivity contribution in [2.75, 3.05) is 7.05 Å². The molecule has 2 aromatic rings. The molecule has 0 aromatic heterocycles. The highest BCUT2D eigenvalue weighted by molar-refractivity contribution is 6.24. The zero-order valence-corrected chi connectivity index (χ0v) is 13.1. The van der Waals surface area contributed by atoms with Crippen LogP contribution in [0.1, 0.15) is 23.7 Å². The van der Waals surface area contributed by atoms with Crippen LogP contribution in [0.5, 0.6) is 0 Å².